The Morgan fingerprint density at radius 2 is 0.808 bits per heavy atom. The number of ether oxygens (including phenoxy) is 2. The minimum absolute atomic E-state index is 0.218. The van der Waals surface area contributed by atoms with Crippen molar-refractivity contribution in [2.45, 2.75) is 307 Å². The van der Waals surface area contributed by atoms with E-state index in [0.717, 1.165) is 96.3 Å². The average molecular weight is 1090 g/mol. The molecule has 1 saturated heterocycles. The predicted molar refractivity (Wildman–Crippen MR) is 331 cm³/mol. The predicted octanol–water partition coefficient (Wildman–Crippen LogP) is 16.9. The summed E-state index contributed by atoms with van der Waals surface area (Å²) in [6.45, 7) is 3.64. The zero-order valence-electron chi connectivity index (χ0n) is 49.9. The molecule has 0 saturated carbocycles. The largest absolute Gasteiger partial charge is 0.394 e. The molecule has 1 rings (SSSR count). The smallest absolute Gasteiger partial charge is 0.220 e. The molecule has 0 bridgehead atoms. The van der Waals surface area contributed by atoms with Crippen molar-refractivity contribution in [3.8, 4) is 0 Å². The molecule has 0 aromatic carbocycles. The maximum Gasteiger partial charge on any atom is 0.220 e. The van der Waals surface area contributed by atoms with E-state index < -0.39 is 49.5 Å². The minimum Gasteiger partial charge on any atom is -0.394 e. The number of carbonyl (C=O) groups is 1. The Labute approximate surface area is 478 Å². The van der Waals surface area contributed by atoms with E-state index in [1.54, 1.807) is 6.08 Å². The fraction of sp³-hybridized carbons (Fsp3) is 0.725. The van der Waals surface area contributed by atoms with Crippen LogP contribution in [0.3, 0.4) is 0 Å². The molecule has 1 fully saturated rings. The van der Waals surface area contributed by atoms with Gasteiger partial charge in [-0.25, -0.2) is 0 Å². The first-order chi connectivity index (χ1) is 38.3. The normalized spacial score (nSPS) is 19.4. The molecule has 9 heteroatoms. The average Bonchev–Trinajstić information content (AvgIpc) is 3.45. The van der Waals surface area contributed by atoms with Crippen molar-refractivity contribution in [1.29, 1.82) is 0 Å². The van der Waals surface area contributed by atoms with Crippen molar-refractivity contribution in [3.05, 3.63) is 109 Å². The van der Waals surface area contributed by atoms with Gasteiger partial charge in [0.05, 0.1) is 25.4 Å². The second kappa shape index (κ2) is 57.1. The molecular weight excluding hydrogens is 971 g/mol. The van der Waals surface area contributed by atoms with Crippen molar-refractivity contribution in [1.82, 2.24) is 5.32 Å². The maximum atomic E-state index is 13.1. The van der Waals surface area contributed by atoms with E-state index in [1.165, 1.54) is 141 Å². The number of carbonyl (C=O) groups excluding carboxylic acids is 1. The lowest BCUT2D eigenvalue weighted by Crippen LogP contribution is -2.60. The highest BCUT2D eigenvalue weighted by Crippen LogP contribution is 2.23. The Balaban J connectivity index is 2.24. The number of hydrogen-bond donors (Lipinski definition) is 6. The zero-order valence-corrected chi connectivity index (χ0v) is 49.9. The van der Waals surface area contributed by atoms with E-state index in [0.29, 0.717) is 12.8 Å². The highest BCUT2D eigenvalue weighted by molar-refractivity contribution is 5.76. The molecular formula is C69H119NO8. The Hall–Kier alpha value is -3.15. The summed E-state index contributed by atoms with van der Waals surface area (Å²) in [5.41, 5.74) is 0. The topological polar surface area (TPSA) is 149 Å². The van der Waals surface area contributed by atoms with E-state index in [2.05, 4.69) is 116 Å². The van der Waals surface area contributed by atoms with Gasteiger partial charge in [0.15, 0.2) is 6.29 Å². The summed E-state index contributed by atoms with van der Waals surface area (Å²) in [4.78, 5) is 13.1. The van der Waals surface area contributed by atoms with Gasteiger partial charge in [0.2, 0.25) is 5.91 Å². The van der Waals surface area contributed by atoms with Crippen LogP contribution in [-0.4, -0.2) is 87.5 Å². The SMILES string of the molecule is CC/C=C\C/C=C\C/C=C\C/C=C\C/C=C\C/C=C\CCCCCCC(=O)NC(COC1OC(CO)C(O)C(O)C1O)C(O)/C=C/CC/C=C/CC/C=C/CCCCCCCCCCCCCCCCCCCCCCCC. The van der Waals surface area contributed by atoms with Crippen molar-refractivity contribution in [2.75, 3.05) is 13.2 Å². The molecule has 6 N–H and O–H groups in total. The first kappa shape index (κ1) is 72.9. The van der Waals surface area contributed by atoms with Gasteiger partial charge in [0, 0.05) is 6.42 Å². The fourth-order valence-corrected chi connectivity index (χ4v) is 9.55. The van der Waals surface area contributed by atoms with Crippen LogP contribution >= 0.6 is 0 Å². The van der Waals surface area contributed by atoms with Crippen LogP contribution in [0.2, 0.25) is 0 Å². The second-order valence-electron chi connectivity index (χ2n) is 21.8. The van der Waals surface area contributed by atoms with Crippen LogP contribution in [0.5, 0.6) is 0 Å². The molecule has 0 radical (unpaired) electrons. The van der Waals surface area contributed by atoms with Gasteiger partial charge in [-0.3, -0.25) is 4.79 Å². The number of aliphatic hydroxyl groups excluding tert-OH is 5. The summed E-state index contributed by atoms with van der Waals surface area (Å²) >= 11 is 0. The molecule has 0 aliphatic carbocycles. The van der Waals surface area contributed by atoms with Gasteiger partial charge in [-0.05, 0) is 96.3 Å². The Kier molecular flexibility index (Phi) is 53.3. The van der Waals surface area contributed by atoms with Gasteiger partial charge in [0.25, 0.3) is 0 Å². The third-order valence-electron chi connectivity index (χ3n) is 14.6. The van der Waals surface area contributed by atoms with Gasteiger partial charge in [-0.1, -0.05) is 271 Å². The minimum atomic E-state index is -1.59. The summed E-state index contributed by atoms with van der Waals surface area (Å²) in [6, 6.07) is -0.852. The lowest BCUT2D eigenvalue weighted by atomic mass is 9.99. The van der Waals surface area contributed by atoms with Crippen LogP contribution in [-0.2, 0) is 14.3 Å². The fourth-order valence-electron chi connectivity index (χ4n) is 9.55. The Morgan fingerprint density at radius 3 is 1.23 bits per heavy atom. The lowest BCUT2D eigenvalue weighted by molar-refractivity contribution is -0.302. The van der Waals surface area contributed by atoms with Crippen molar-refractivity contribution < 1.29 is 39.8 Å². The zero-order chi connectivity index (χ0) is 56.5. The van der Waals surface area contributed by atoms with Crippen LogP contribution in [0.25, 0.3) is 0 Å². The number of rotatable bonds is 54. The molecule has 1 aliphatic heterocycles. The first-order valence-corrected chi connectivity index (χ1v) is 32.1. The molecule has 1 amide bonds. The molecule has 0 aromatic heterocycles. The highest BCUT2D eigenvalue weighted by atomic mass is 16.7. The van der Waals surface area contributed by atoms with E-state index >= 15 is 0 Å². The number of aliphatic hydroxyl groups is 5. The quantitative estimate of drug-likeness (QED) is 0.0261. The molecule has 78 heavy (non-hydrogen) atoms. The second-order valence-corrected chi connectivity index (χ2v) is 21.8. The molecule has 7 unspecified atom stereocenters. The van der Waals surface area contributed by atoms with Crippen LogP contribution < -0.4 is 5.32 Å². The van der Waals surface area contributed by atoms with Crippen LogP contribution in [0.4, 0.5) is 0 Å². The number of nitrogens with one attached hydrogen (secondary N) is 1. The molecule has 1 aliphatic rings. The third kappa shape index (κ3) is 45.6. The Bertz CT molecular complexity index is 1590. The monoisotopic (exact) mass is 1090 g/mol. The Morgan fingerprint density at radius 1 is 0.449 bits per heavy atom. The summed E-state index contributed by atoms with van der Waals surface area (Å²) in [5, 5.41) is 54.6. The summed E-state index contributed by atoms with van der Waals surface area (Å²) in [5.74, 6) is -0.218. The van der Waals surface area contributed by atoms with Gasteiger partial charge >= 0.3 is 0 Å². The number of amides is 1. The van der Waals surface area contributed by atoms with Crippen molar-refractivity contribution in [2.24, 2.45) is 0 Å². The molecule has 1 heterocycles. The summed E-state index contributed by atoms with van der Waals surface area (Å²) < 4.78 is 11.3. The molecule has 0 spiro atoms. The van der Waals surface area contributed by atoms with Gasteiger partial charge in [-0.15, -0.1) is 0 Å². The van der Waals surface area contributed by atoms with Gasteiger partial charge in [-0.2, -0.15) is 0 Å². The summed E-state index contributed by atoms with van der Waals surface area (Å²) in [7, 11) is 0. The first-order valence-electron chi connectivity index (χ1n) is 32.1. The standard InChI is InChI=1S/C69H119NO8/c1-3-5-7-9-11-13-15-17-19-21-23-25-27-28-29-30-31-32-33-34-35-37-38-40-42-44-46-48-50-52-54-56-58-63(72)62(61-77-69-68(76)67(75)66(74)64(60-71)78-69)70-65(73)59-57-55-53-51-49-47-45-43-41-39-36-26-24-22-20-18-16-14-12-10-8-6-4-2/h6,8,12,14,18,20,24,26,39-42,45,47-48,50,56,58,62-64,66-69,71-72,74-76H,3-5,7,9-11,13,15-17,19,21-23,25,27-38,43-44,46,49,51-55,57,59-61H2,1-2H3,(H,70,73)/b8-6-,14-12-,20-18-,26-24-,41-39-,42-40+,47-45-,50-48+,58-56+. The molecule has 9 nitrogen and oxygen atoms in total. The van der Waals surface area contributed by atoms with E-state index in [1.807, 2.05) is 6.08 Å². The van der Waals surface area contributed by atoms with Gasteiger partial charge in [0.1, 0.15) is 24.4 Å². The lowest BCUT2D eigenvalue weighted by Gasteiger charge is -2.40. The van der Waals surface area contributed by atoms with Crippen LogP contribution in [0.1, 0.15) is 264 Å². The van der Waals surface area contributed by atoms with E-state index in [9.17, 15) is 30.3 Å². The van der Waals surface area contributed by atoms with E-state index in [4.69, 9.17) is 9.47 Å². The van der Waals surface area contributed by atoms with Gasteiger partial charge < -0.3 is 40.3 Å². The number of unbranched alkanes of at least 4 members (excludes halogenated alkanes) is 28. The molecule has 448 valence electrons. The third-order valence-corrected chi connectivity index (χ3v) is 14.6. The molecule has 0 aromatic rings. The van der Waals surface area contributed by atoms with Crippen LogP contribution in [0, 0.1) is 0 Å². The summed E-state index contributed by atoms with van der Waals surface area (Å²) in [6.07, 6.45) is 77.5. The molecule has 7 atom stereocenters. The highest BCUT2D eigenvalue weighted by Gasteiger charge is 2.44. The number of hydrogen-bond acceptors (Lipinski definition) is 8. The number of allylic oxidation sites excluding steroid dienone is 17. The van der Waals surface area contributed by atoms with E-state index in [-0.39, 0.29) is 12.5 Å². The van der Waals surface area contributed by atoms with Crippen LogP contribution in [0.15, 0.2) is 109 Å². The van der Waals surface area contributed by atoms with Crippen molar-refractivity contribution in [3.63, 3.8) is 0 Å². The maximum absolute atomic E-state index is 13.1. The van der Waals surface area contributed by atoms with Crippen molar-refractivity contribution >= 4 is 5.91 Å².